The number of nitrogens with one attached hydrogen (secondary N) is 1. The van der Waals surface area contributed by atoms with Gasteiger partial charge >= 0.3 is 4.87 Å². The van der Waals surface area contributed by atoms with Crippen LogP contribution in [0.4, 0.5) is 0 Å². The summed E-state index contributed by atoms with van der Waals surface area (Å²) in [6.45, 7) is 2.26. The molecule has 0 unspecified atom stereocenters. The molecule has 0 spiro atoms. The third-order valence-electron chi connectivity index (χ3n) is 3.43. The highest BCUT2D eigenvalue weighted by Crippen LogP contribution is 2.18. The molecule has 0 amide bonds. The first-order valence-corrected chi connectivity index (χ1v) is 9.71. The van der Waals surface area contributed by atoms with Crippen molar-refractivity contribution in [1.29, 1.82) is 0 Å². The van der Waals surface area contributed by atoms with E-state index in [2.05, 4.69) is 9.97 Å². The number of benzene rings is 1. The lowest BCUT2D eigenvalue weighted by atomic mass is 10.3. The molecule has 0 atom stereocenters. The first-order valence-electron chi connectivity index (χ1n) is 7.84. The average molecular weight is 381 g/mol. The molecule has 0 aliphatic rings. The second kappa shape index (κ2) is 9.04. The van der Waals surface area contributed by atoms with E-state index < -0.39 is 0 Å². The minimum absolute atomic E-state index is 0.0162. The predicted molar refractivity (Wildman–Crippen MR) is 98.7 cm³/mol. The average Bonchev–Trinajstić information content (AvgIpc) is 3.17. The standard InChI is InChI=1S/C16H19N3O4S2/c20-14-11-25-16(21)19(14)5-6-22-7-8-23-9-10-24-15-17-12-3-1-2-4-13(12)18-15/h1-4,11,20H,5-10H2,(H,17,18). The van der Waals surface area contributed by atoms with Crippen molar-refractivity contribution in [1.82, 2.24) is 14.5 Å². The highest BCUT2D eigenvalue weighted by Gasteiger charge is 2.04. The van der Waals surface area contributed by atoms with Crippen LogP contribution >= 0.6 is 23.1 Å². The van der Waals surface area contributed by atoms with Gasteiger partial charge in [0.2, 0.25) is 5.88 Å². The molecule has 9 heteroatoms. The number of imidazole rings is 1. The molecule has 25 heavy (non-hydrogen) atoms. The zero-order valence-corrected chi connectivity index (χ0v) is 15.1. The molecule has 0 saturated heterocycles. The molecule has 2 heterocycles. The van der Waals surface area contributed by atoms with Crippen LogP contribution in [0.1, 0.15) is 0 Å². The summed E-state index contributed by atoms with van der Waals surface area (Å²) < 4.78 is 12.2. The molecule has 0 aliphatic carbocycles. The van der Waals surface area contributed by atoms with Crippen LogP contribution in [0.5, 0.6) is 5.88 Å². The van der Waals surface area contributed by atoms with Gasteiger partial charge in [0.05, 0.1) is 49.4 Å². The predicted octanol–water partition coefficient (Wildman–Crippen LogP) is 2.32. The van der Waals surface area contributed by atoms with Crippen molar-refractivity contribution in [2.24, 2.45) is 0 Å². The van der Waals surface area contributed by atoms with Gasteiger partial charge in [-0.3, -0.25) is 9.36 Å². The second-order valence-corrected chi connectivity index (χ2v) is 7.05. The van der Waals surface area contributed by atoms with Gasteiger partial charge in [0.1, 0.15) is 0 Å². The zero-order chi connectivity index (χ0) is 17.5. The van der Waals surface area contributed by atoms with E-state index in [-0.39, 0.29) is 10.8 Å². The van der Waals surface area contributed by atoms with Gasteiger partial charge in [0.25, 0.3) is 0 Å². The first-order chi connectivity index (χ1) is 12.2. The van der Waals surface area contributed by atoms with Crippen LogP contribution in [0.3, 0.4) is 0 Å². The highest BCUT2D eigenvalue weighted by molar-refractivity contribution is 7.99. The number of hydrogen-bond donors (Lipinski definition) is 2. The summed E-state index contributed by atoms with van der Waals surface area (Å²) in [6.07, 6.45) is 0. The van der Waals surface area contributed by atoms with E-state index in [1.165, 1.54) is 9.95 Å². The van der Waals surface area contributed by atoms with Crippen LogP contribution in [0.15, 0.2) is 39.6 Å². The molecule has 2 N–H and O–H groups in total. The number of H-pyrrole nitrogens is 1. The summed E-state index contributed by atoms with van der Waals surface area (Å²) in [4.78, 5) is 19.0. The first kappa shape index (κ1) is 18.0. The lowest BCUT2D eigenvalue weighted by Gasteiger charge is -2.06. The minimum Gasteiger partial charge on any atom is -0.494 e. The van der Waals surface area contributed by atoms with Crippen LogP contribution in [-0.4, -0.2) is 51.8 Å². The number of para-hydroxylation sites is 2. The highest BCUT2D eigenvalue weighted by atomic mass is 32.2. The monoisotopic (exact) mass is 381 g/mol. The Hall–Kier alpha value is -1.81. The number of thiazole rings is 1. The van der Waals surface area contributed by atoms with E-state index in [4.69, 9.17) is 9.47 Å². The topological polar surface area (TPSA) is 89.4 Å². The molecule has 0 bridgehead atoms. The van der Waals surface area contributed by atoms with Gasteiger partial charge in [0, 0.05) is 5.75 Å². The number of aromatic hydroxyl groups is 1. The van der Waals surface area contributed by atoms with Crippen molar-refractivity contribution in [2.45, 2.75) is 11.7 Å². The van der Waals surface area contributed by atoms with E-state index in [1.807, 2.05) is 24.3 Å². The van der Waals surface area contributed by atoms with Gasteiger partial charge in [0.15, 0.2) is 5.16 Å². The Morgan fingerprint density at radius 1 is 1.20 bits per heavy atom. The minimum atomic E-state index is -0.181. The van der Waals surface area contributed by atoms with Crippen LogP contribution in [0, 0.1) is 0 Å². The lowest BCUT2D eigenvalue weighted by Crippen LogP contribution is -2.17. The molecule has 0 aliphatic heterocycles. The Kier molecular flexibility index (Phi) is 6.51. The maximum absolute atomic E-state index is 11.4. The van der Waals surface area contributed by atoms with E-state index in [1.54, 1.807) is 11.8 Å². The molecule has 0 fully saturated rings. The third kappa shape index (κ3) is 5.08. The Balaban J connectivity index is 1.24. The molecule has 0 saturated carbocycles. The third-order valence-corrected chi connectivity index (χ3v) is 5.02. The van der Waals surface area contributed by atoms with Gasteiger partial charge < -0.3 is 19.6 Å². The Morgan fingerprint density at radius 2 is 2.00 bits per heavy atom. The number of fused-ring (bicyclic) bond motifs is 1. The van der Waals surface area contributed by atoms with Gasteiger partial charge in [-0.1, -0.05) is 35.2 Å². The summed E-state index contributed by atoms with van der Waals surface area (Å²) in [5.74, 6) is 0.787. The van der Waals surface area contributed by atoms with Gasteiger partial charge in [-0.05, 0) is 12.1 Å². The molecule has 3 rings (SSSR count). The van der Waals surface area contributed by atoms with E-state index in [0.29, 0.717) is 33.0 Å². The summed E-state index contributed by atoms with van der Waals surface area (Å²) in [6, 6.07) is 7.93. The van der Waals surface area contributed by atoms with Gasteiger partial charge in [-0.25, -0.2) is 4.98 Å². The number of nitrogens with zero attached hydrogens (tertiary/aromatic N) is 2. The number of rotatable bonds is 10. The summed E-state index contributed by atoms with van der Waals surface area (Å²) in [5.41, 5.74) is 2.00. The molecular weight excluding hydrogens is 362 g/mol. The number of ether oxygens (including phenoxy) is 2. The molecule has 7 nitrogen and oxygen atoms in total. The summed E-state index contributed by atoms with van der Waals surface area (Å²) in [5, 5.41) is 11.8. The van der Waals surface area contributed by atoms with Gasteiger partial charge in [-0.2, -0.15) is 0 Å². The summed E-state index contributed by atoms with van der Waals surface area (Å²) >= 11 is 2.59. The fourth-order valence-electron chi connectivity index (χ4n) is 2.20. The Labute approximate surface area is 152 Å². The second-order valence-electron chi connectivity index (χ2n) is 5.14. The number of aromatic nitrogens is 3. The van der Waals surface area contributed by atoms with Crippen molar-refractivity contribution >= 4 is 34.1 Å². The number of hydrogen-bond acceptors (Lipinski definition) is 7. The van der Waals surface area contributed by atoms with E-state index in [0.717, 1.165) is 33.3 Å². The van der Waals surface area contributed by atoms with Crippen molar-refractivity contribution < 1.29 is 14.6 Å². The zero-order valence-electron chi connectivity index (χ0n) is 13.5. The number of aromatic amines is 1. The maximum atomic E-state index is 11.4. The lowest BCUT2D eigenvalue weighted by molar-refractivity contribution is 0.0499. The molecule has 3 aromatic rings. The molecule has 1 aromatic carbocycles. The quantitative estimate of drug-likeness (QED) is 0.414. The normalized spacial score (nSPS) is 11.4. The molecular formula is C16H19N3O4S2. The van der Waals surface area contributed by atoms with Crippen LogP contribution in [0.2, 0.25) is 0 Å². The van der Waals surface area contributed by atoms with E-state index in [9.17, 15) is 9.90 Å². The fourth-order valence-corrected chi connectivity index (χ4v) is 3.59. The molecule has 0 radical (unpaired) electrons. The van der Waals surface area contributed by atoms with Crippen molar-refractivity contribution in [2.75, 3.05) is 32.2 Å². The van der Waals surface area contributed by atoms with Crippen LogP contribution in [0.25, 0.3) is 11.0 Å². The van der Waals surface area contributed by atoms with Crippen molar-refractivity contribution in [3.8, 4) is 5.88 Å². The van der Waals surface area contributed by atoms with Gasteiger partial charge in [-0.15, -0.1) is 0 Å². The van der Waals surface area contributed by atoms with Crippen molar-refractivity contribution in [3.63, 3.8) is 0 Å². The fraction of sp³-hybridized carbons (Fsp3) is 0.375. The smallest absolute Gasteiger partial charge is 0.310 e. The van der Waals surface area contributed by atoms with Crippen molar-refractivity contribution in [3.05, 3.63) is 39.3 Å². The summed E-state index contributed by atoms with van der Waals surface area (Å²) in [7, 11) is 0. The largest absolute Gasteiger partial charge is 0.494 e. The Bertz CT molecular complexity index is 825. The van der Waals surface area contributed by atoms with Crippen LogP contribution < -0.4 is 4.87 Å². The SMILES string of the molecule is O=c1scc(O)n1CCOCCOCCSc1nc2ccccc2[nH]1. The van der Waals surface area contributed by atoms with E-state index >= 15 is 0 Å². The Morgan fingerprint density at radius 3 is 2.76 bits per heavy atom. The van der Waals surface area contributed by atoms with Crippen LogP contribution in [-0.2, 0) is 16.0 Å². The molecule has 134 valence electrons. The maximum Gasteiger partial charge on any atom is 0.310 e. The number of thioether (sulfide) groups is 1. The molecule has 2 aromatic heterocycles.